The van der Waals surface area contributed by atoms with Gasteiger partial charge in [0.1, 0.15) is 22.3 Å². The maximum atomic E-state index is 5.78. The van der Waals surface area contributed by atoms with Gasteiger partial charge in [0.15, 0.2) is 0 Å². The summed E-state index contributed by atoms with van der Waals surface area (Å²) in [5, 5.41) is 7.46. The van der Waals surface area contributed by atoms with Gasteiger partial charge in [0.2, 0.25) is 0 Å². The summed E-state index contributed by atoms with van der Waals surface area (Å²) in [4.78, 5) is 0. The average Bonchev–Trinajstić information content (AvgIpc) is 3.79. The fourth-order valence-electron chi connectivity index (χ4n) is 6.67. The van der Waals surface area contributed by atoms with Crippen LogP contribution in [0, 0.1) is 20.8 Å². The van der Waals surface area contributed by atoms with Crippen LogP contribution >= 0.6 is 0 Å². The van der Waals surface area contributed by atoms with E-state index in [0.717, 1.165) is 22.3 Å². The monoisotopic (exact) mass is 621 g/mol. The molecule has 0 bridgehead atoms. The Bertz CT molecular complexity index is 2700. The molecule has 0 aliphatic heterocycles. The number of benzene rings is 7. The zero-order valence-electron chi connectivity index (χ0n) is 27.3. The highest BCUT2D eigenvalue weighted by molar-refractivity contribution is 6.09. The summed E-state index contributed by atoms with van der Waals surface area (Å²) < 4.78 is 13.8. The Balaban J connectivity index is 0.000000108. The number of hydrogen-bond acceptors (Lipinski definition) is 2. The van der Waals surface area contributed by atoms with Crippen molar-refractivity contribution < 1.29 is 8.83 Å². The Morgan fingerprint density at radius 3 is 1.69 bits per heavy atom. The molecule has 3 heterocycles. The van der Waals surface area contributed by atoms with Gasteiger partial charge in [0, 0.05) is 38.0 Å². The molecule has 0 saturated heterocycles. The van der Waals surface area contributed by atoms with Crippen molar-refractivity contribution in [3.05, 3.63) is 174 Å². The van der Waals surface area contributed by atoms with Crippen molar-refractivity contribution in [3.63, 3.8) is 0 Å². The highest BCUT2D eigenvalue weighted by Gasteiger charge is 2.11. The van der Waals surface area contributed by atoms with Gasteiger partial charge in [-0.15, -0.1) is 0 Å². The van der Waals surface area contributed by atoms with Gasteiger partial charge in [-0.1, -0.05) is 114 Å². The molecule has 0 aliphatic rings. The molecule has 0 spiro atoms. The first-order chi connectivity index (χ1) is 23.5. The first-order valence-corrected chi connectivity index (χ1v) is 16.4. The van der Waals surface area contributed by atoms with Gasteiger partial charge >= 0.3 is 0 Å². The van der Waals surface area contributed by atoms with E-state index in [-0.39, 0.29) is 0 Å². The summed E-state index contributed by atoms with van der Waals surface area (Å²) in [5.74, 6) is 0. The SMILES string of the molecule is Cc1ccc2c(c1)c1ccccc1n2-c1ccccc1.Cc1ccc2oc3ccccc3c2c1.Cc1cccc2c1oc1ccccc12. The second kappa shape index (κ2) is 12.3. The molecule has 10 rings (SSSR count). The molecule has 48 heavy (non-hydrogen) atoms. The van der Waals surface area contributed by atoms with E-state index < -0.39 is 0 Å². The van der Waals surface area contributed by atoms with Crippen molar-refractivity contribution >= 4 is 65.7 Å². The summed E-state index contributed by atoms with van der Waals surface area (Å²) in [6.45, 7) is 6.32. The van der Waals surface area contributed by atoms with Crippen LogP contribution in [-0.2, 0) is 0 Å². The maximum Gasteiger partial charge on any atom is 0.138 e. The first-order valence-electron chi connectivity index (χ1n) is 16.4. The zero-order valence-corrected chi connectivity index (χ0v) is 27.3. The summed E-state index contributed by atoms with van der Waals surface area (Å²) in [6.07, 6.45) is 0. The number of hydrogen-bond donors (Lipinski definition) is 0. The smallest absolute Gasteiger partial charge is 0.138 e. The number of nitrogens with zero attached hydrogens (tertiary/aromatic N) is 1. The summed E-state index contributed by atoms with van der Waals surface area (Å²) in [5.41, 5.74) is 11.4. The number of furan rings is 2. The molecule has 0 fully saturated rings. The summed E-state index contributed by atoms with van der Waals surface area (Å²) in [7, 11) is 0. The molecule has 3 nitrogen and oxygen atoms in total. The molecule has 0 N–H and O–H groups in total. The topological polar surface area (TPSA) is 31.2 Å². The lowest BCUT2D eigenvalue weighted by atomic mass is 10.1. The molecule has 0 radical (unpaired) electrons. The van der Waals surface area contributed by atoms with E-state index in [2.05, 4.69) is 141 Å². The molecule has 0 amide bonds. The van der Waals surface area contributed by atoms with Gasteiger partial charge in [-0.05, 0) is 80.9 Å². The van der Waals surface area contributed by atoms with E-state index in [1.54, 1.807) is 0 Å². The Morgan fingerprint density at radius 2 is 0.917 bits per heavy atom. The largest absolute Gasteiger partial charge is 0.456 e. The highest BCUT2D eigenvalue weighted by Crippen LogP contribution is 2.33. The van der Waals surface area contributed by atoms with Gasteiger partial charge < -0.3 is 13.4 Å². The van der Waals surface area contributed by atoms with Crippen molar-refractivity contribution in [2.45, 2.75) is 20.8 Å². The predicted octanol–water partition coefficient (Wildman–Crippen LogP) is 12.9. The van der Waals surface area contributed by atoms with Crippen LogP contribution in [0.1, 0.15) is 16.7 Å². The van der Waals surface area contributed by atoms with E-state index in [1.807, 2.05) is 42.5 Å². The van der Waals surface area contributed by atoms with Crippen LogP contribution in [-0.4, -0.2) is 4.57 Å². The number of aromatic nitrogens is 1. The third-order valence-electron chi connectivity index (χ3n) is 8.98. The standard InChI is InChI=1S/C19H15N.2C13H10O/c1-14-11-12-19-17(13-14)16-9-5-6-10-18(16)20(19)15-7-3-2-4-8-15;1-9-5-4-7-11-10-6-2-3-8-12(10)14-13(9)11;1-9-6-7-13-11(8-9)10-4-2-3-5-12(10)14-13/h2-13H,1H3;2*2-8H,1H3. The first kappa shape index (κ1) is 29.3. The predicted molar refractivity (Wildman–Crippen MR) is 202 cm³/mol. The Hall–Kier alpha value is -6.06. The minimum absolute atomic E-state index is 0.966. The van der Waals surface area contributed by atoms with Gasteiger partial charge in [0.25, 0.3) is 0 Å². The molecular formula is C45H35NO2. The van der Waals surface area contributed by atoms with Crippen molar-refractivity contribution in [2.24, 2.45) is 0 Å². The van der Waals surface area contributed by atoms with Crippen LogP contribution in [0.3, 0.4) is 0 Å². The van der Waals surface area contributed by atoms with Crippen LogP contribution in [0.4, 0.5) is 0 Å². The second-order valence-electron chi connectivity index (χ2n) is 12.4. The fourth-order valence-corrected chi connectivity index (χ4v) is 6.67. The Labute approximate surface area is 279 Å². The molecular weight excluding hydrogens is 587 g/mol. The molecule has 7 aromatic carbocycles. The van der Waals surface area contributed by atoms with Crippen LogP contribution < -0.4 is 0 Å². The quantitative estimate of drug-likeness (QED) is 0.183. The lowest BCUT2D eigenvalue weighted by Crippen LogP contribution is -1.92. The van der Waals surface area contributed by atoms with Crippen LogP contribution in [0.25, 0.3) is 71.4 Å². The molecule has 0 aliphatic carbocycles. The van der Waals surface area contributed by atoms with E-state index in [1.165, 1.54) is 65.7 Å². The molecule has 0 unspecified atom stereocenters. The summed E-state index contributed by atoms with van der Waals surface area (Å²) in [6, 6.07) is 54.6. The number of fused-ring (bicyclic) bond motifs is 9. The molecule has 10 aromatic rings. The lowest BCUT2D eigenvalue weighted by molar-refractivity contribution is 0.666. The van der Waals surface area contributed by atoms with Crippen molar-refractivity contribution in [1.82, 2.24) is 4.57 Å². The van der Waals surface area contributed by atoms with Gasteiger partial charge in [-0.2, -0.15) is 0 Å². The van der Waals surface area contributed by atoms with E-state index in [0.29, 0.717) is 0 Å². The third-order valence-corrected chi connectivity index (χ3v) is 8.98. The average molecular weight is 622 g/mol. The second-order valence-corrected chi connectivity index (χ2v) is 12.4. The fraction of sp³-hybridized carbons (Fsp3) is 0.0667. The summed E-state index contributed by atoms with van der Waals surface area (Å²) >= 11 is 0. The Morgan fingerprint density at radius 1 is 0.375 bits per heavy atom. The normalized spacial score (nSPS) is 11.2. The number of aryl methyl sites for hydroxylation is 3. The van der Waals surface area contributed by atoms with E-state index in [9.17, 15) is 0 Å². The molecule has 3 heteroatoms. The van der Waals surface area contributed by atoms with Gasteiger partial charge in [-0.25, -0.2) is 0 Å². The molecule has 3 aromatic heterocycles. The van der Waals surface area contributed by atoms with Crippen LogP contribution in [0.2, 0.25) is 0 Å². The molecule has 0 saturated carbocycles. The van der Waals surface area contributed by atoms with E-state index >= 15 is 0 Å². The van der Waals surface area contributed by atoms with Crippen LogP contribution in [0.5, 0.6) is 0 Å². The van der Waals surface area contributed by atoms with E-state index in [4.69, 9.17) is 8.83 Å². The van der Waals surface area contributed by atoms with Crippen molar-refractivity contribution in [1.29, 1.82) is 0 Å². The number of rotatable bonds is 1. The van der Waals surface area contributed by atoms with Gasteiger partial charge in [0.05, 0.1) is 11.0 Å². The molecule has 0 atom stereocenters. The molecule has 232 valence electrons. The zero-order chi connectivity index (χ0) is 32.6. The minimum Gasteiger partial charge on any atom is -0.456 e. The maximum absolute atomic E-state index is 5.78. The third kappa shape index (κ3) is 5.30. The van der Waals surface area contributed by atoms with Crippen molar-refractivity contribution in [2.75, 3.05) is 0 Å². The minimum atomic E-state index is 0.966. The number of para-hydroxylation sites is 5. The van der Waals surface area contributed by atoms with Crippen molar-refractivity contribution in [3.8, 4) is 5.69 Å². The highest BCUT2D eigenvalue weighted by atomic mass is 16.3. The Kier molecular flexibility index (Phi) is 7.51. The van der Waals surface area contributed by atoms with Crippen LogP contribution in [0.15, 0.2) is 167 Å². The lowest BCUT2D eigenvalue weighted by Gasteiger charge is -2.07. The van der Waals surface area contributed by atoms with Gasteiger partial charge in [-0.3, -0.25) is 0 Å².